The van der Waals surface area contributed by atoms with Crippen LogP contribution in [0.3, 0.4) is 0 Å². The zero-order chi connectivity index (χ0) is 26.9. The second-order valence-electron chi connectivity index (χ2n) is 7.86. The maximum absolute atomic E-state index is 14.5. The number of likely N-dealkylation sites (N-methyl/N-ethyl adjacent to an activating group) is 1. The van der Waals surface area contributed by atoms with E-state index in [2.05, 4.69) is 26.1 Å². The molecular formula is C23H20BrF2N5O5S. The van der Waals surface area contributed by atoms with Crippen LogP contribution in [0.25, 0.3) is 16.0 Å². The van der Waals surface area contributed by atoms with Crippen LogP contribution in [-0.4, -0.2) is 58.0 Å². The number of nitrogens with zero attached hydrogens (tertiary/aromatic N) is 5. The second kappa shape index (κ2) is 10.9. The Kier molecular flexibility index (Phi) is 7.80. The van der Waals surface area contributed by atoms with Crippen LogP contribution in [0.2, 0.25) is 0 Å². The Balaban J connectivity index is 2.01. The van der Waals surface area contributed by atoms with Gasteiger partial charge in [-0.25, -0.2) is 18.1 Å². The lowest BCUT2D eigenvalue weighted by molar-refractivity contribution is -0.134. The van der Waals surface area contributed by atoms with Crippen molar-refractivity contribution in [2.75, 3.05) is 27.9 Å². The number of amides is 1. The molecule has 0 spiro atoms. The van der Waals surface area contributed by atoms with Crippen molar-refractivity contribution in [3.05, 3.63) is 77.7 Å². The smallest absolute Gasteiger partial charge is 0.338 e. The highest BCUT2D eigenvalue weighted by atomic mass is 79.9. The second-order valence-corrected chi connectivity index (χ2v) is 10.2. The fourth-order valence-corrected chi connectivity index (χ4v) is 5.47. The Hall–Kier alpha value is -3.49. The van der Waals surface area contributed by atoms with Crippen LogP contribution in [0.5, 0.6) is 5.88 Å². The van der Waals surface area contributed by atoms with Gasteiger partial charge in [-0.15, -0.1) is 21.5 Å². The first-order valence-corrected chi connectivity index (χ1v) is 12.3. The normalized spacial score (nSPS) is 11.2. The minimum atomic E-state index is -0.872. The number of carbonyl (C=O) groups is 1. The number of halogens is 3. The highest BCUT2D eigenvalue weighted by Crippen LogP contribution is 2.34. The third-order valence-corrected chi connectivity index (χ3v) is 7.56. The molecular weight excluding hydrogens is 576 g/mol. The van der Waals surface area contributed by atoms with E-state index in [0.717, 1.165) is 32.6 Å². The molecule has 0 aliphatic carbocycles. The molecule has 0 unspecified atom stereocenters. The summed E-state index contributed by atoms with van der Waals surface area (Å²) < 4.78 is 41.3. The lowest BCUT2D eigenvalue weighted by Crippen LogP contribution is -2.40. The van der Waals surface area contributed by atoms with Crippen molar-refractivity contribution >= 4 is 43.4 Å². The standard InChI is InChI=1S/C23H20BrF2N5O5S/c1-29(18(32)11-35-2)9-13-19-21(33)31(16-7-8-17(36-3)28-27-16)23(34)30(22(19)37-20(13)24)10-12-14(25)5-4-6-15(12)26/h4-8H,9-11H2,1-3H3. The van der Waals surface area contributed by atoms with Gasteiger partial charge in [0.15, 0.2) is 5.82 Å². The average Bonchev–Trinajstić information content (AvgIpc) is 3.19. The number of benzene rings is 1. The van der Waals surface area contributed by atoms with E-state index in [9.17, 15) is 23.2 Å². The Morgan fingerprint density at radius 2 is 1.81 bits per heavy atom. The summed E-state index contributed by atoms with van der Waals surface area (Å²) in [6.45, 7) is -0.666. The molecule has 3 aromatic heterocycles. The molecule has 4 aromatic rings. The van der Waals surface area contributed by atoms with E-state index in [-0.39, 0.29) is 46.5 Å². The number of ether oxygens (including phenoxy) is 2. The van der Waals surface area contributed by atoms with Crippen molar-refractivity contribution in [1.82, 2.24) is 24.2 Å². The lowest BCUT2D eigenvalue weighted by Gasteiger charge is -2.17. The first kappa shape index (κ1) is 26.6. The Bertz CT molecular complexity index is 1580. The molecule has 0 aliphatic rings. The summed E-state index contributed by atoms with van der Waals surface area (Å²) in [7, 11) is 4.31. The highest BCUT2D eigenvalue weighted by Gasteiger charge is 2.25. The van der Waals surface area contributed by atoms with Gasteiger partial charge in [-0.3, -0.25) is 14.2 Å². The largest absolute Gasteiger partial charge is 0.480 e. The summed E-state index contributed by atoms with van der Waals surface area (Å²) in [5, 5.41) is 7.83. The predicted molar refractivity (Wildman–Crippen MR) is 135 cm³/mol. The summed E-state index contributed by atoms with van der Waals surface area (Å²) >= 11 is 4.46. The molecule has 37 heavy (non-hydrogen) atoms. The molecule has 0 bridgehead atoms. The quantitative estimate of drug-likeness (QED) is 0.308. The third kappa shape index (κ3) is 5.04. The zero-order valence-electron chi connectivity index (χ0n) is 19.8. The van der Waals surface area contributed by atoms with Gasteiger partial charge in [-0.1, -0.05) is 6.07 Å². The molecule has 1 aromatic carbocycles. The van der Waals surface area contributed by atoms with Crippen molar-refractivity contribution < 1.29 is 23.0 Å². The van der Waals surface area contributed by atoms with Gasteiger partial charge in [-0.05, 0) is 34.1 Å². The Labute approximate surface area is 220 Å². The summed E-state index contributed by atoms with van der Waals surface area (Å²) in [5.41, 5.74) is -1.54. The van der Waals surface area contributed by atoms with Crippen LogP contribution in [0.4, 0.5) is 8.78 Å². The van der Waals surface area contributed by atoms with Crippen LogP contribution in [0.1, 0.15) is 11.1 Å². The van der Waals surface area contributed by atoms with Gasteiger partial charge in [0.2, 0.25) is 11.8 Å². The number of thiophene rings is 1. The molecule has 0 saturated carbocycles. The number of aromatic nitrogens is 4. The monoisotopic (exact) mass is 595 g/mol. The minimum absolute atomic E-state index is 0.00142. The Morgan fingerprint density at radius 3 is 2.41 bits per heavy atom. The van der Waals surface area contributed by atoms with Crippen molar-refractivity contribution in [3.63, 3.8) is 0 Å². The third-order valence-electron chi connectivity index (χ3n) is 5.55. The van der Waals surface area contributed by atoms with Gasteiger partial charge in [0.1, 0.15) is 23.1 Å². The van der Waals surface area contributed by atoms with E-state index in [0.29, 0.717) is 9.35 Å². The van der Waals surface area contributed by atoms with E-state index in [1.165, 1.54) is 44.4 Å². The molecule has 14 heteroatoms. The molecule has 0 fully saturated rings. The molecule has 1 amide bonds. The number of methoxy groups -OCH3 is 2. The van der Waals surface area contributed by atoms with Crippen molar-refractivity contribution in [2.24, 2.45) is 0 Å². The van der Waals surface area contributed by atoms with E-state index in [1.807, 2.05) is 0 Å². The predicted octanol–water partition coefficient (Wildman–Crippen LogP) is 2.71. The number of fused-ring (bicyclic) bond motifs is 1. The van der Waals surface area contributed by atoms with Crippen LogP contribution in [0.15, 0.2) is 43.7 Å². The van der Waals surface area contributed by atoms with Crippen LogP contribution in [-0.2, 0) is 22.6 Å². The summed E-state index contributed by atoms with van der Waals surface area (Å²) in [6, 6.07) is 6.16. The van der Waals surface area contributed by atoms with Gasteiger partial charge in [0.25, 0.3) is 5.56 Å². The number of hydrogen-bond donors (Lipinski definition) is 0. The topological polar surface area (TPSA) is 109 Å². The summed E-state index contributed by atoms with van der Waals surface area (Å²) in [6.07, 6.45) is 0. The molecule has 194 valence electrons. The van der Waals surface area contributed by atoms with Gasteiger partial charge < -0.3 is 14.4 Å². The van der Waals surface area contributed by atoms with E-state index in [1.54, 1.807) is 0 Å². The van der Waals surface area contributed by atoms with Gasteiger partial charge >= 0.3 is 5.69 Å². The zero-order valence-corrected chi connectivity index (χ0v) is 22.2. The first-order valence-electron chi connectivity index (χ1n) is 10.7. The van der Waals surface area contributed by atoms with Crippen molar-refractivity contribution in [3.8, 4) is 11.7 Å². The number of rotatable bonds is 8. The molecule has 0 atom stereocenters. The average molecular weight is 596 g/mol. The maximum Gasteiger partial charge on any atom is 0.338 e. The molecule has 0 radical (unpaired) electrons. The van der Waals surface area contributed by atoms with Crippen LogP contribution >= 0.6 is 27.3 Å². The van der Waals surface area contributed by atoms with Crippen molar-refractivity contribution in [2.45, 2.75) is 13.1 Å². The summed E-state index contributed by atoms with van der Waals surface area (Å²) in [5.74, 6) is -1.98. The molecule has 4 rings (SSSR count). The molecule has 0 N–H and O–H groups in total. The number of hydrogen-bond acceptors (Lipinski definition) is 8. The number of carbonyl (C=O) groups excluding carboxylic acids is 1. The first-order chi connectivity index (χ1) is 17.7. The summed E-state index contributed by atoms with van der Waals surface area (Å²) in [4.78, 5) is 41.2. The molecule has 0 aliphatic heterocycles. The fraction of sp³-hybridized carbons (Fsp3) is 0.261. The highest BCUT2D eigenvalue weighted by molar-refractivity contribution is 9.11. The molecule has 3 heterocycles. The fourth-order valence-electron chi connectivity index (χ4n) is 3.67. The van der Waals surface area contributed by atoms with Crippen LogP contribution < -0.4 is 16.0 Å². The van der Waals surface area contributed by atoms with E-state index in [4.69, 9.17) is 9.47 Å². The van der Waals surface area contributed by atoms with Gasteiger partial charge in [0, 0.05) is 37.9 Å². The van der Waals surface area contributed by atoms with Gasteiger partial charge in [0.05, 0.1) is 22.8 Å². The SMILES string of the molecule is COCC(=O)N(C)Cc1c(Br)sc2c1c(=O)n(-c1ccc(OC)nn1)c(=O)n2Cc1c(F)cccc1F. The maximum atomic E-state index is 14.5. The minimum Gasteiger partial charge on any atom is -0.480 e. The van der Waals surface area contributed by atoms with Gasteiger partial charge in [-0.2, -0.15) is 0 Å². The van der Waals surface area contributed by atoms with E-state index < -0.39 is 29.4 Å². The van der Waals surface area contributed by atoms with Crippen molar-refractivity contribution in [1.29, 1.82) is 0 Å². The molecule has 10 nitrogen and oxygen atoms in total. The molecule has 0 saturated heterocycles. The lowest BCUT2D eigenvalue weighted by atomic mass is 10.2. The van der Waals surface area contributed by atoms with Crippen LogP contribution in [0, 0.1) is 11.6 Å². The van der Waals surface area contributed by atoms with E-state index >= 15 is 0 Å². The Morgan fingerprint density at radius 1 is 1.11 bits per heavy atom.